The van der Waals surface area contributed by atoms with Gasteiger partial charge in [-0.1, -0.05) is 0 Å². The van der Waals surface area contributed by atoms with E-state index in [-0.39, 0.29) is 11.4 Å². The third kappa shape index (κ3) is 3.16. The van der Waals surface area contributed by atoms with E-state index < -0.39 is 11.6 Å². The molecule has 0 atom stereocenters. The van der Waals surface area contributed by atoms with E-state index >= 15 is 0 Å². The van der Waals surface area contributed by atoms with Crippen LogP contribution >= 0.6 is 0 Å². The number of nitrogens with one attached hydrogen (secondary N) is 1. The number of nitrogen functional groups attached to an aromatic ring is 1. The summed E-state index contributed by atoms with van der Waals surface area (Å²) in [5.74, 6) is 4.98. The Bertz CT molecular complexity index is 398. The summed E-state index contributed by atoms with van der Waals surface area (Å²) in [5, 5.41) is 7.55. The normalized spacial score (nSPS) is 11.1. The fraction of sp³-hybridized carbons (Fsp3) is 0.500. The Kier molecular flexibility index (Phi) is 3.44. The fourth-order valence-corrected chi connectivity index (χ4v) is 1.08. The van der Waals surface area contributed by atoms with Gasteiger partial charge in [-0.25, -0.2) is 10.6 Å². The molecule has 88 valence electrons. The van der Waals surface area contributed by atoms with E-state index in [1.165, 1.54) is 0 Å². The maximum Gasteiger partial charge on any atom is 0.342 e. The van der Waals surface area contributed by atoms with Crippen molar-refractivity contribution in [2.45, 2.75) is 33.3 Å². The number of esters is 1. The molecule has 0 aromatic carbocycles. The highest BCUT2D eigenvalue weighted by molar-refractivity contribution is 5.94. The summed E-state index contributed by atoms with van der Waals surface area (Å²) >= 11 is 0. The van der Waals surface area contributed by atoms with Crippen molar-refractivity contribution in [2.24, 2.45) is 5.84 Å². The molecule has 0 amide bonds. The van der Waals surface area contributed by atoms with Gasteiger partial charge in [0.15, 0.2) is 5.82 Å². The number of anilines is 1. The average Bonchev–Trinajstić information content (AvgIpc) is 2.15. The fourth-order valence-electron chi connectivity index (χ4n) is 1.08. The number of carbonyl (C=O) groups excluding carboxylic acids is 1. The summed E-state index contributed by atoms with van der Waals surface area (Å²) < 4.78 is 5.22. The Hall–Kier alpha value is -1.69. The van der Waals surface area contributed by atoms with Gasteiger partial charge in [-0.15, -0.1) is 5.10 Å². The SMILES string of the molecule is Cc1cc(C(=O)OC(C)(C)C)c(NN)nn1. The molecule has 1 rings (SSSR count). The second-order valence-electron chi connectivity index (χ2n) is 4.39. The second kappa shape index (κ2) is 4.44. The van der Waals surface area contributed by atoms with Gasteiger partial charge in [0.1, 0.15) is 11.2 Å². The molecule has 0 spiro atoms. The minimum Gasteiger partial charge on any atom is -0.456 e. The van der Waals surface area contributed by atoms with Crippen molar-refractivity contribution in [1.82, 2.24) is 10.2 Å². The molecule has 0 aliphatic rings. The zero-order chi connectivity index (χ0) is 12.3. The molecule has 0 saturated carbocycles. The van der Waals surface area contributed by atoms with Crippen molar-refractivity contribution in [2.75, 3.05) is 5.43 Å². The standard InChI is InChI=1S/C10H16N4O2/c1-6-5-7(8(12-11)14-13-6)9(15)16-10(2,3)4/h5H,11H2,1-4H3,(H,12,14). The van der Waals surface area contributed by atoms with E-state index in [4.69, 9.17) is 10.6 Å². The first-order valence-corrected chi connectivity index (χ1v) is 4.88. The van der Waals surface area contributed by atoms with Crippen molar-refractivity contribution >= 4 is 11.8 Å². The first kappa shape index (κ1) is 12.4. The molecule has 3 N–H and O–H groups in total. The van der Waals surface area contributed by atoms with Crippen molar-refractivity contribution in [3.05, 3.63) is 17.3 Å². The molecule has 0 aliphatic carbocycles. The second-order valence-corrected chi connectivity index (χ2v) is 4.39. The van der Waals surface area contributed by atoms with Crippen molar-refractivity contribution < 1.29 is 9.53 Å². The van der Waals surface area contributed by atoms with Crippen LogP contribution in [0.2, 0.25) is 0 Å². The van der Waals surface area contributed by atoms with Gasteiger partial charge in [0.25, 0.3) is 0 Å². The van der Waals surface area contributed by atoms with Gasteiger partial charge in [-0.05, 0) is 33.8 Å². The number of aryl methyl sites for hydroxylation is 1. The summed E-state index contributed by atoms with van der Waals surface area (Å²) in [7, 11) is 0. The van der Waals surface area contributed by atoms with Gasteiger partial charge in [0, 0.05) is 0 Å². The van der Waals surface area contributed by atoms with Crippen LogP contribution in [0.4, 0.5) is 5.82 Å². The van der Waals surface area contributed by atoms with Crippen molar-refractivity contribution in [1.29, 1.82) is 0 Å². The summed E-state index contributed by atoms with van der Waals surface area (Å²) in [6, 6.07) is 1.58. The maximum atomic E-state index is 11.8. The lowest BCUT2D eigenvalue weighted by Gasteiger charge is -2.20. The number of hydrazine groups is 1. The summed E-state index contributed by atoms with van der Waals surface area (Å²) in [4.78, 5) is 11.8. The largest absolute Gasteiger partial charge is 0.456 e. The molecule has 0 radical (unpaired) electrons. The van der Waals surface area contributed by atoms with Crippen LogP contribution < -0.4 is 11.3 Å². The topological polar surface area (TPSA) is 90.1 Å². The number of aromatic nitrogens is 2. The Morgan fingerprint density at radius 2 is 2.06 bits per heavy atom. The lowest BCUT2D eigenvalue weighted by molar-refractivity contribution is 0.00699. The molecule has 1 heterocycles. The molecule has 0 unspecified atom stereocenters. The summed E-state index contributed by atoms with van der Waals surface area (Å²) in [6.07, 6.45) is 0. The predicted octanol–water partition coefficient (Wildman–Crippen LogP) is 1.03. The molecule has 6 heteroatoms. The average molecular weight is 224 g/mol. The highest BCUT2D eigenvalue weighted by atomic mass is 16.6. The summed E-state index contributed by atoms with van der Waals surface area (Å²) in [6.45, 7) is 7.12. The van der Waals surface area contributed by atoms with Crippen LogP contribution in [0.5, 0.6) is 0 Å². The predicted molar refractivity (Wildman–Crippen MR) is 59.7 cm³/mol. The molecular formula is C10H16N4O2. The monoisotopic (exact) mass is 224 g/mol. The van der Waals surface area contributed by atoms with Crippen LogP contribution in [0, 0.1) is 6.92 Å². The van der Waals surface area contributed by atoms with Gasteiger partial charge in [-0.2, -0.15) is 5.10 Å². The Morgan fingerprint density at radius 1 is 1.44 bits per heavy atom. The number of nitrogens with zero attached hydrogens (tertiary/aromatic N) is 2. The van der Waals surface area contributed by atoms with E-state index in [0.29, 0.717) is 5.69 Å². The van der Waals surface area contributed by atoms with Crippen molar-refractivity contribution in [3.63, 3.8) is 0 Å². The van der Waals surface area contributed by atoms with Gasteiger partial charge in [-0.3, -0.25) is 0 Å². The molecule has 16 heavy (non-hydrogen) atoms. The minimum absolute atomic E-state index is 0.208. The number of nitrogens with two attached hydrogens (primary N) is 1. The molecule has 0 saturated heterocycles. The summed E-state index contributed by atoms with van der Waals surface area (Å²) in [5.41, 5.74) is 2.67. The van der Waals surface area contributed by atoms with Crippen LogP contribution in [0.3, 0.4) is 0 Å². The quantitative estimate of drug-likeness (QED) is 0.443. The zero-order valence-electron chi connectivity index (χ0n) is 9.87. The molecule has 0 aliphatic heterocycles. The third-order valence-corrected chi connectivity index (χ3v) is 1.67. The Labute approximate surface area is 94.2 Å². The first-order valence-electron chi connectivity index (χ1n) is 4.88. The van der Waals surface area contributed by atoms with E-state index in [2.05, 4.69) is 15.6 Å². The van der Waals surface area contributed by atoms with E-state index in [9.17, 15) is 4.79 Å². The van der Waals surface area contributed by atoms with Gasteiger partial charge in [0.05, 0.1) is 5.69 Å². The smallest absolute Gasteiger partial charge is 0.342 e. The van der Waals surface area contributed by atoms with E-state index in [1.807, 2.05) is 0 Å². The molecule has 6 nitrogen and oxygen atoms in total. The van der Waals surface area contributed by atoms with Crippen LogP contribution in [0.25, 0.3) is 0 Å². The highest BCUT2D eigenvalue weighted by Gasteiger charge is 2.21. The van der Waals surface area contributed by atoms with Gasteiger partial charge >= 0.3 is 5.97 Å². The number of hydrogen-bond acceptors (Lipinski definition) is 6. The van der Waals surface area contributed by atoms with Crippen LogP contribution in [0.1, 0.15) is 36.8 Å². The molecule has 0 fully saturated rings. The van der Waals surface area contributed by atoms with Crippen LogP contribution in [-0.2, 0) is 4.74 Å². The highest BCUT2D eigenvalue weighted by Crippen LogP contribution is 2.16. The molecule has 1 aromatic heterocycles. The lowest BCUT2D eigenvalue weighted by atomic mass is 10.2. The number of rotatable bonds is 2. The molecule has 1 aromatic rings. The number of carbonyl (C=O) groups is 1. The van der Waals surface area contributed by atoms with Crippen molar-refractivity contribution in [3.8, 4) is 0 Å². The zero-order valence-corrected chi connectivity index (χ0v) is 9.87. The number of ether oxygens (including phenoxy) is 1. The Morgan fingerprint density at radius 3 is 2.56 bits per heavy atom. The lowest BCUT2D eigenvalue weighted by Crippen LogP contribution is -2.25. The van der Waals surface area contributed by atoms with Crippen LogP contribution in [0.15, 0.2) is 6.07 Å². The van der Waals surface area contributed by atoms with E-state index in [1.54, 1.807) is 33.8 Å². The van der Waals surface area contributed by atoms with Gasteiger partial charge < -0.3 is 10.2 Å². The van der Waals surface area contributed by atoms with Gasteiger partial charge in [0.2, 0.25) is 0 Å². The molecular weight excluding hydrogens is 208 g/mol. The minimum atomic E-state index is -0.555. The third-order valence-electron chi connectivity index (χ3n) is 1.67. The number of hydrogen-bond donors (Lipinski definition) is 2. The molecule has 0 bridgehead atoms. The van der Waals surface area contributed by atoms with E-state index in [0.717, 1.165) is 0 Å². The Balaban J connectivity index is 3.02. The maximum absolute atomic E-state index is 11.8. The van der Waals surface area contributed by atoms with Crippen LogP contribution in [-0.4, -0.2) is 21.8 Å². The first-order chi connectivity index (χ1) is 7.33.